The highest BCUT2D eigenvalue weighted by Crippen LogP contribution is 2.05. The van der Waals surface area contributed by atoms with E-state index in [0.717, 1.165) is 25.0 Å². The van der Waals surface area contributed by atoms with E-state index in [4.69, 9.17) is 4.74 Å². The first kappa shape index (κ1) is 8.50. The lowest BCUT2D eigenvalue weighted by molar-refractivity contribution is 0.0234. The van der Waals surface area contributed by atoms with Gasteiger partial charge < -0.3 is 10.1 Å². The summed E-state index contributed by atoms with van der Waals surface area (Å²) in [5.41, 5.74) is 0. The molecule has 0 aliphatic carbocycles. The van der Waals surface area contributed by atoms with Crippen molar-refractivity contribution in [2.75, 3.05) is 25.0 Å². The third-order valence-electron chi connectivity index (χ3n) is 1.66. The molecule has 1 atom stereocenters. The maximum atomic E-state index is 5.50. The SMILES string of the molecule is BrCCCC1CNCCO1. The van der Waals surface area contributed by atoms with Gasteiger partial charge in [0.15, 0.2) is 0 Å². The van der Waals surface area contributed by atoms with Crippen molar-refractivity contribution in [3.05, 3.63) is 0 Å². The Labute approximate surface area is 70.5 Å². The Morgan fingerprint density at radius 1 is 1.60 bits per heavy atom. The fourth-order valence-electron chi connectivity index (χ4n) is 1.11. The van der Waals surface area contributed by atoms with Crippen LogP contribution in [0, 0.1) is 0 Å². The minimum absolute atomic E-state index is 0.464. The number of ether oxygens (including phenoxy) is 1. The predicted octanol–water partition coefficient (Wildman–Crippen LogP) is 1.15. The van der Waals surface area contributed by atoms with Gasteiger partial charge in [-0.3, -0.25) is 0 Å². The summed E-state index contributed by atoms with van der Waals surface area (Å²) in [7, 11) is 0. The molecule has 0 bridgehead atoms. The molecule has 0 aromatic carbocycles. The molecule has 0 aromatic rings. The maximum Gasteiger partial charge on any atom is 0.0700 e. The number of hydrogen-bond donors (Lipinski definition) is 1. The highest BCUT2D eigenvalue weighted by atomic mass is 79.9. The van der Waals surface area contributed by atoms with Crippen molar-refractivity contribution in [2.45, 2.75) is 18.9 Å². The van der Waals surface area contributed by atoms with Crippen LogP contribution < -0.4 is 5.32 Å². The zero-order chi connectivity index (χ0) is 7.23. The second-order valence-corrected chi connectivity index (χ2v) is 3.32. The first-order valence-electron chi connectivity index (χ1n) is 3.82. The second kappa shape index (κ2) is 5.10. The van der Waals surface area contributed by atoms with Crippen LogP contribution in [-0.2, 0) is 4.74 Å². The van der Waals surface area contributed by atoms with Crippen molar-refractivity contribution in [3.8, 4) is 0 Å². The van der Waals surface area contributed by atoms with Crippen LogP contribution in [0.25, 0.3) is 0 Å². The van der Waals surface area contributed by atoms with Crippen LogP contribution >= 0.6 is 15.9 Å². The van der Waals surface area contributed by atoms with Crippen LogP contribution in [0.2, 0.25) is 0 Å². The summed E-state index contributed by atoms with van der Waals surface area (Å²) in [4.78, 5) is 0. The molecule has 1 aliphatic heterocycles. The molecule has 1 N–H and O–H groups in total. The van der Waals surface area contributed by atoms with Crippen LogP contribution in [0.5, 0.6) is 0 Å². The molecular formula is C7H14BrNO. The first-order valence-corrected chi connectivity index (χ1v) is 4.94. The molecule has 0 saturated carbocycles. The van der Waals surface area contributed by atoms with E-state index in [1.807, 2.05) is 0 Å². The van der Waals surface area contributed by atoms with Gasteiger partial charge in [-0.2, -0.15) is 0 Å². The highest BCUT2D eigenvalue weighted by Gasteiger charge is 2.11. The summed E-state index contributed by atoms with van der Waals surface area (Å²) in [6.45, 7) is 2.94. The molecule has 0 spiro atoms. The van der Waals surface area contributed by atoms with Gasteiger partial charge in [0.25, 0.3) is 0 Å². The van der Waals surface area contributed by atoms with E-state index in [0.29, 0.717) is 6.10 Å². The molecule has 0 radical (unpaired) electrons. The predicted molar refractivity (Wildman–Crippen MR) is 45.6 cm³/mol. The second-order valence-electron chi connectivity index (χ2n) is 2.53. The topological polar surface area (TPSA) is 21.3 Å². The quantitative estimate of drug-likeness (QED) is 0.702. The van der Waals surface area contributed by atoms with Crippen LogP contribution in [0.1, 0.15) is 12.8 Å². The van der Waals surface area contributed by atoms with E-state index >= 15 is 0 Å². The van der Waals surface area contributed by atoms with Crippen molar-refractivity contribution in [2.24, 2.45) is 0 Å². The minimum atomic E-state index is 0.464. The Balaban J connectivity index is 2.02. The number of alkyl halides is 1. The summed E-state index contributed by atoms with van der Waals surface area (Å²) < 4.78 is 5.50. The van der Waals surface area contributed by atoms with Crippen molar-refractivity contribution in [1.82, 2.24) is 5.32 Å². The number of hydrogen-bond acceptors (Lipinski definition) is 2. The van der Waals surface area contributed by atoms with Gasteiger partial charge in [0.2, 0.25) is 0 Å². The van der Waals surface area contributed by atoms with Crippen molar-refractivity contribution in [3.63, 3.8) is 0 Å². The Morgan fingerprint density at radius 3 is 3.10 bits per heavy atom. The summed E-state index contributed by atoms with van der Waals surface area (Å²) in [5.74, 6) is 0. The van der Waals surface area contributed by atoms with Crippen LogP contribution in [0.4, 0.5) is 0 Å². The maximum absolute atomic E-state index is 5.50. The molecule has 1 unspecified atom stereocenters. The zero-order valence-electron chi connectivity index (χ0n) is 6.11. The summed E-state index contributed by atoms with van der Waals surface area (Å²) in [5, 5.41) is 4.39. The van der Waals surface area contributed by atoms with Gasteiger partial charge in [-0.15, -0.1) is 0 Å². The Morgan fingerprint density at radius 2 is 2.50 bits per heavy atom. The molecule has 60 valence electrons. The van der Waals surface area contributed by atoms with E-state index in [2.05, 4.69) is 21.2 Å². The van der Waals surface area contributed by atoms with Crippen molar-refractivity contribution >= 4 is 15.9 Å². The molecule has 1 aliphatic rings. The van der Waals surface area contributed by atoms with Gasteiger partial charge in [0.05, 0.1) is 12.7 Å². The Hall–Kier alpha value is 0.400. The van der Waals surface area contributed by atoms with Crippen LogP contribution in [0.15, 0.2) is 0 Å². The average Bonchev–Trinajstić information content (AvgIpc) is 2.03. The lowest BCUT2D eigenvalue weighted by Crippen LogP contribution is -2.38. The van der Waals surface area contributed by atoms with Crippen LogP contribution in [-0.4, -0.2) is 31.1 Å². The molecule has 1 fully saturated rings. The zero-order valence-corrected chi connectivity index (χ0v) is 7.69. The first-order chi connectivity index (χ1) is 4.93. The summed E-state index contributed by atoms with van der Waals surface area (Å²) >= 11 is 3.40. The van der Waals surface area contributed by atoms with E-state index in [1.54, 1.807) is 0 Å². The van der Waals surface area contributed by atoms with Gasteiger partial charge in [-0.05, 0) is 12.8 Å². The van der Waals surface area contributed by atoms with Gasteiger partial charge in [0.1, 0.15) is 0 Å². The molecule has 2 nitrogen and oxygen atoms in total. The van der Waals surface area contributed by atoms with Crippen molar-refractivity contribution < 1.29 is 4.74 Å². The third kappa shape index (κ3) is 2.99. The molecule has 0 amide bonds. The van der Waals surface area contributed by atoms with Gasteiger partial charge in [-0.25, -0.2) is 0 Å². The van der Waals surface area contributed by atoms with Gasteiger partial charge in [-0.1, -0.05) is 15.9 Å². The summed E-state index contributed by atoms with van der Waals surface area (Å²) in [6.07, 6.45) is 2.86. The fraction of sp³-hybridized carbons (Fsp3) is 1.00. The van der Waals surface area contributed by atoms with E-state index in [1.165, 1.54) is 12.8 Å². The molecular weight excluding hydrogens is 194 g/mol. The monoisotopic (exact) mass is 207 g/mol. The van der Waals surface area contributed by atoms with E-state index < -0.39 is 0 Å². The fourth-order valence-corrected chi connectivity index (χ4v) is 1.43. The van der Waals surface area contributed by atoms with Gasteiger partial charge >= 0.3 is 0 Å². The lowest BCUT2D eigenvalue weighted by atomic mass is 10.2. The Bertz CT molecular complexity index is 83.7. The Kier molecular flexibility index (Phi) is 4.34. The standard InChI is InChI=1S/C7H14BrNO/c8-3-1-2-7-6-9-4-5-10-7/h7,9H,1-6H2. The molecule has 0 aromatic heterocycles. The molecule has 3 heteroatoms. The number of morpholine rings is 1. The van der Waals surface area contributed by atoms with Crippen LogP contribution in [0.3, 0.4) is 0 Å². The van der Waals surface area contributed by atoms with E-state index in [-0.39, 0.29) is 0 Å². The third-order valence-corrected chi connectivity index (χ3v) is 2.22. The van der Waals surface area contributed by atoms with Gasteiger partial charge in [0, 0.05) is 18.4 Å². The highest BCUT2D eigenvalue weighted by molar-refractivity contribution is 9.09. The normalized spacial score (nSPS) is 26.7. The molecule has 1 saturated heterocycles. The number of rotatable bonds is 3. The average molecular weight is 208 g/mol. The summed E-state index contributed by atoms with van der Waals surface area (Å²) in [6, 6.07) is 0. The molecule has 1 heterocycles. The minimum Gasteiger partial charge on any atom is -0.376 e. The lowest BCUT2D eigenvalue weighted by Gasteiger charge is -2.23. The molecule has 10 heavy (non-hydrogen) atoms. The largest absolute Gasteiger partial charge is 0.376 e. The number of halogens is 1. The molecule has 1 rings (SSSR count). The van der Waals surface area contributed by atoms with E-state index in [9.17, 15) is 0 Å². The smallest absolute Gasteiger partial charge is 0.0700 e. The van der Waals surface area contributed by atoms with Crippen molar-refractivity contribution in [1.29, 1.82) is 0 Å². The number of nitrogens with one attached hydrogen (secondary N) is 1.